The average Bonchev–Trinajstić information content (AvgIpc) is 2.69. The second-order valence-corrected chi connectivity index (χ2v) is 6.58. The highest BCUT2D eigenvalue weighted by atomic mass is 16.2. The number of likely N-dealkylation sites (N-methyl/N-ethyl adjacent to an activating group) is 1. The van der Waals surface area contributed by atoms with Gasteiger partial charge in [-0.15, -0.1) is 0 Å². The molecule has 1 aromatic carbocycles. The van der Waals surface area contributed by atoms with E-state index in [1.54, 1.807) is 4.90 Å². The Hall–Kier alpha value is -1.39. The predicted octanol–water partition coefficient (Wildman–Crippen LogP) is 1.57. The van der Waals surface area contributed by atoms with E-state index in [0.29, 0.717) is 0 Å². The molecule has 0 spiro atoms. The zero-order chi connectivity index (χ0) is 15.9. The van der Waals surface area contributed by atoms with Crippen molar-refractivity contribution in [3.8, 4) is 0 Å². The van der Waals surface area contributed by atoms with E-state index >= 15 is 0 Å². The van der Waals surface area contributed by atoms with Crippen LogP contribution in [-0.2, 0) is 11.2 Å². The van der Waals surface area contributed by atoms with Crippen LogP contribution >= 0.6 is 0 Å². The van der Waals surface area contributed by atoms with Crippen molar-refractivity contribution in [1.29, 1.82) is 0 Å². The van der Waals surface area contributed by atoms with Crippen LogP contribution in [0, 0.1) is 5.92 Å². The molecule has 4 heteroatoms. The van der Waals surface area contributed by atoms with Crippen molar-refractivity contribution < 1.29 is 4.79 Å². The molecule has 1 aliphatic heterocycles. The summed E-state index contributed by atoms with van der Waals surface area (Å²) < 4.78 is 0. The Morgan fingerprint density at radius 1 is 1.18 bits per heavy atom. The lowest BCUT2D eigenvalue weighted by Crippen LogP contribution is -2.40. The van der Waals surface area contributed by atoms with Gasteiger partial charge in [0.25, 0.3) is 0 Å². The van der Waals surface area contributed by atoms with Crippen LogP contribution in [0.25, 0.3) is 0 Å². The summed E-state index contributed by atoms with van der Waals surface area (Å²) in [6, 6.07) is 10.6. The fourth-order valence-corrected chi connectivity index (χ4v) is 3.12. The highest BCUT2D eigenvalue weighted by Gasteiger charge is 2.27. The standard InChI is InChI=1S/C18H29N3O/c1-19(2)18(22)17-14-20(3)12-13-21(15-17)11-7-10-16-8-5-4-6-9-16/h4-6,8-9,17H,7,10-15H2,1-3H3. The van der Waals surface area contributed by atoms with E-state index in [0.717, 1.165) is 45.6 Å². The SMILES string of the molecule is CN1CCN(CCCc2ccccc2)CC(C(=O)N(C)C)C1. The number of amides is 1. The number of carbonyl (C=O) groups excluding carboxylic acids is 1. The van der Waals surface area contributed by atoms with Crippen molar-refractivity contribution in [3.63, 3.8) is 0 Å². The van der Waals surface area contributed by atoms with Crippen LogP contribution in [0.4, 0.5) is 0 Å². The number of carbonyl (C=O) groups is 1. The summed E-state index contributed by atoms with van der Waals surface area (Å²) in [6.45, 7) is 4.92. The van der Waals surface area contributed by atoms with Crippen LogP contribution < -0.4 is 0 Å². The molecule has 1 saturated heterocycles. The maximum absolute atomic E-state index is 12.3. The molecule has 122 valence electrons. The molecule has 0 saturated carbocycles. The summed E-state index contributed by atoms with van der Waals surface area (Å²) in [4.78, 5) is 18.8. The van der Waals surface area contributed by atoms with Crippen molar-refractivity contribution in [1.82, 2.24) is 14.7 Å². The largest absolute Gasteiger partial charge is 0.348 e. The van der Waals surface area contributed by atoms with Crippen LogP contribution in [0.3, 0.4) is 0 Å². The number of hydrogen-bond donors (Lipinski definition) is 0. The summed E-state index contributed by atoms with van der Waals surface area (Å²) in [5.41, 5.74) is 1.40. The zero-order valence-electron chi connectivity index (χ0n) is 14.2. The van der Waals surface area contributed by atoms with Crippen molar-refractivity contribution >= 4 is 5.91 Å². The van der Waals surface area contributed by atoms with E-state index in [4.69, 9.17) is 0 Å². The van der Waals surface area contributed by atoms with E-state index in [9.17, 15) is 4.79 Å². The Bertz CT molecular complexity index is 461. The van der Waals surface area contributed by atoms with Crippen molar-refractivity contribution in [3.05, 3.63) is 35.9 Å². The Labute approximate surface area is 134 Å². The van der Waals surface area contributed by atoms with Gasteiger partial charge in [-0.2, -0.15) is 0 Å². The third-order valence-electron chi connectivity index (χ3n) is 4.38. The predicted molar refractivity (Wildman–Crippen MR) is 90.9 cm³/mol. The number of hydrogen-bond acceptors (Lipinski definition) is 3. The molecule has 1 amide bonds. The summed E-state index contributed by atoms with van der Waals surface area (Å²) in [6.07, 6.45) is 2.26. The fourth-order valence-electron chi connectivity index (χ4n) is 3.12. The van der Waals surface area contributed by atoms with Gasteiger partial charge in [0.2, 0.25) is 5.91 Å². The molecule has 1 aliphatic rings. The number of benzene rings is 1. The molecule has 1 heterocycles. The molecule has 1 atom stereocenters. The minimum absolute atomic E-state index is 0.0965. The first-order valence-corrected chi connectivity index (χ1v) is 8.22. The summed E-state index contributed by atoms with van der Waals surface area (Å²) >= 11 is 0. The molecule has 0 aromatic heterocycles. The second-order valence-electron chi connectivity index (χ2n) is 6.58. The molecule has 2 rings (SSSR count). The third-order valence-corrected chi connectivity index (χ3v) is 4.38. The van der Waals surface area contributed by atoms with Gasteiger partial charge < -0.3 is 14.7 Å². The Balaban J connectivity index is 1.85. The van der Waals surface area contributed by atoms with E-state index < -0.39 is 0 Å². The Morgan fingerprint density at radius 2 is 1.91 bits per heavy atom. The van der Waals surface area contributed by atoms with Gasteiger partial charge in [-0.3, -0.25) is 4.79 Å². The molecule has 1 fully saturated rings. The van der Waals surface area contributed by atoms with Gasteiger partial charge in [0.1, 0.15) is 0 Å². The van der Waals surface area contributed by atoms with Gasteiger partial charge in [0.05, 0.1) is 5.92 Å². The van der Waals surface area contributed by atoms with Gasteiger partial charge in [-0.25, -0.2) is 0 Å². The molecular formula is C18H29N3O. The number of rotatable bonds is 5. The van der Waals surface area contributed by atoms with Gasteiger partial charge in [0, 0.05) is 40.3 Å². The smallest absolute Gasteiger partial charge is 0.227 e. The minimum Gasteiger partial charge on any atom is -0.348 e. The number of aryl methyl sites for hydroxylation is 1. The average molecular weight is 303 g/mol. The Kier molecular flexibility index (Phi) is 6.40. The maximum Gasteiger partial charge on any atom is 0.227 e. The molecule has 4 nitrogen and oxygen atoms in total. The second kappa shape index (κ2) is 8.30. The lowest BCUT2D eigenvalue weighted by molar-refractivity contribution is -0.133. The molecule has 0 N–H and O–H groups in total. The number of nitrogens with zero attached hydrogens (tertiary/aromatic N) is 3. The molecule has 0 aliphatic carbocycles. The molecular weight excluding hydrogens is 274 g/mol. The lowest BCUT2D eigenvalue weighted by atomic mass is 10.1. The van der Waals surface area contributed by atoms with Gasteiger partial charge in [0.15, 0.2) is 0 Å². The highest BCUT2D eigenvalue weighted by Crippen LogP contribution is 2.12. The van der Waals surface area contributed by atoms with Crippen LogP contribution in [0.5, 0.6) is 0 Å². The van der Waals surface area contributed by atoms with Crippen molar-refractivity contribution in [2.45, 2.75) is 12.8 Å². The highest BCUT2D eigenvalue weighted by molar-refractivity contribution is 5.78. The quantitative estimate of drug-likeness (QED) is 0.826. The monoisotopic (exact) mass is 303 g/mol. The van der Waals surface area contributed by atoms with Crippen LogP contribution in [0.2, 0.25) is 0 Å². The van der Waals surface area contributed by atoms with E-state index in [1.807, 2.05) is 14.1 Å². The maximum atomic E-state index is 12.3. The molecule has 1 unspecified atom stereocenters. The summed E-state index contributed by atoms with van der Waals surface area (Å²) in [5, 5.41) is 0. The third kappa shape index (κ3) is 5.11. The van der Waals surface area contributed by atoms with Crippen LogP contribution in [0.15, 0.2) is 30.3 Å². The van der Waals surface area contributed by atoms with Gasteiger partial charge in [-0.05, 0) is 32.0 Å². The first-order valence-electron chi connectivity index (χ1n) is 8.22. The van der Waals surface area contributed by atoms with Gasteiger partial charge in [-0.1, -0.05) is 30.3 Å². The minimum atomic E-state index is 0.0965. The van der Waals surface area contributed by atoms with Crippen LogP contribution in [0.1, 0.15) is 12.0 Å². The topological polar surface area (TPSA) is 26.8 Å². The summed E-state index contributed by atoms with van der Waals surface area (Å²) in [5.74, 6) is 0.348. The normalized spacial score (nSPS) is 20.6. The van der Waals surface area contributed by atoms with E-state index in [2.05, 4.69) is 47.2 Å². The van der Waals surface area contributed by atoms with Gasteiger partial charge >= 0.3 is 0 Å². The molecule has 0 bridgehead atoms. The van der Waals surface area contributed by atoms with Crippen LogP contribution in [-0.4, -0.2) is 74.5 Å². The Morgan fingerprint density at radius 3 is 2.59 bits per heavy atom. The molecule has 1 aromatic rings. The fraction of sp³-hybridized carbons (Fsp3) is 0.611. The summed E-state index contributed by atoms with van der Waals surface area (Å²) in [7, 11) is 5.82. The first-order chi connectivity index (χ1) is 10.6. The molecule has 22 heavy (non-hydrogen) atoms. The van der Waals surface area contributed by atoms with Crippen molar-refractivity contribution in [2.24, 2.45) is 5.92 Å². The van der Waals surface area contributed by atoms with E-state index in [1.165, 1.54) is 5.56 Å². The van der Waals surface area contributed by atoms with E-state index in [-0.39, 0.29) is 11.8 Å². The molecule has 0 radical (unpaired) electrons. The first kappa shape index (κ1) is 17.0. The van der Waals surface area contributed by atoms with Crippen molar-refractivity contribution in [2.75, 3.05) is 53.9 Å². The lowest BCUT2D eigenvalue weighted by Gasteiger charge is -2.25. The zero-order valence-corrected chi connectivity index (χ0v) is 14.2.